The smallest absolute Gasteiger partial charge is 0.169 e. The third kappa shape index (κ3) is 2.93. The summed E-state index contributed by atoms with van der Waals surface area (Å²) in [5.41, 5.74) is 2.24. The van der Waals surface area contributed by atoms with Gasteiger partial charge in [-0.2, -0.15) is 0 Å². The molecule has 0 saturated heterocycles. The Hall–Kier alpha value is -1.29. The zero-order valence-electron chi connectivity index (χ0n) is 10.8. The summed E-state index contributed by atoms with van der Waals surface area (Å²) in [4.78, 5) is 15.5. The van der Waals surface area contributed by atoms with Crippen molar-refractivity contribution in [3.63, 3.8) is 0 Å². The lowest BCUT2D eigenvalue weighted by atomic mass is 10.3. The Morgan fingerprint density at radius 2 is 2.17 bits per heavy atom. The fourth-order valence-corrected chi connectivity index (χ4v) is 2.97. The normalized spacial score (nSPS) is 11.0. The topological polar surface area (TPSA) is 34.9 Å². The van der Waals surface area contributed by atoms with Gasteiger partial charge in [0.2, 0.25) is 0 Å². The van der Waals surface area contributed by atoms with Crippen molar-refractivity contribution in [1.29, 1.82) is 0 Å². The number of carbonyl (C=O) groups is 1. The van der Waals surface area contributed by atoms with Crippen LogP contribution >= 0.6 is 11.8 Å². The Balaban J connectivity index is 2.10. The monoisotopic (exact) mass is 262 g/mol. The third-order valence-corrected chi connectivity index (χ3v) is 3.90. The molecule has 0 fully saturated rings. The van der Waals surface area contributed by atoms with E-state index in [1.807, 2.05) is 18.2 Å². The number of nitrogens with zero attached hydrogens (tertiary/aromatic N) is 2. The van der Waals surface area contributed by atoms with Crippen LogP contribution in [-0.2, 0) is 11.3 Å². The molecule has 0 aliphatic carbocycles. The minimum absolute atomic E-state index is 0.264. The van der Waals surface area contributed by atoms with Crippen LogP contribution in [0, 0.1) is 0 Å². The van der Waals surface area contributed by atoms with Crippen LogP contribution in [0.3, 0.4) is 0 Å². The van der Waals surface area contributed by atoms with Gasteiger partial charge in [-0.25, -0.2) is 4.98 Å². The van der Waals surface area contributed by atoms with Crippen molar-refractivity contribution in [3.05, 3.63) is 24.3 Å². The molecule has 0 unspecified atom stereocenters. The molecule has 1 aromatic heterocycles. The van der Waals surface area contributed by atoms with Gasteiger partial charge in [0, 0.05) is 18.7 Å². The van der Waals surface area contributed by atoms with Gasteiger partial charge in [-0.05, 0) is 32.4 Å². The molecule has 2 aromatic rings. The first-order valence-electron chi connectivity index (χ1n) is 6.30. The maximum absolute atomic E-state index is 10.9. The number of imidazole rings is 1. The maximum atomic E-state index is 10.9. The zero-order valence-corrected chi connectivity index (χ0v) is 11.7. The highest BCUT2D eigenvalue weighted by atomic mass is 32.2. The number of aromatic nitrogens is 2. The number of Topliss-reactive ketones (excluding diaryl/α,β-unsaturated/α-hetero) is 1. The molecule has 1 heterocycles. The van der Waals surface area contributed by atoms with E-state index in [1.54, 1.807) is 18.7 Å². The van der Waals surface area contributed by atoms with E-state index in [-0.39, 0.29) is 5.78 Å². The second-order valence-electron chi connectivity index (χ2n) is 4.28. The Morgan fingerprint density at radius 1 is 1.39 bits per heavy atom. The molecular weight excluding hydrogens is 244 g/mol. The summed E-state index contributed by atoms with van der Waals surface area (Å²) in [7, 11) is 0. The van der Waals surface area contributed by atoms with E-state index in [2.05, 4.69) is 22.5 Å². The highest BCUT2D eigenvalue weighted by Crippen LogP contribution is 2.24. The molecule has 0 aliphatic heterocycles. The van der Waals surface area contributed by atoms with Crippen molar-refractivity contribution in [3.8, 4) is 0 Å². The summed E-state index contributed by atoms with van der Waals surface area (Å²) < 4.78 is 2.23. The quantitative estimate of drug-likeness (QED) is 0.590. The highest BCUT2D eigenvalue weighted by Gasteiger charge is 2.09. The van der Waals surface area contributed by atoms with E-state index in [0.29, 0.717) is 6.42 Å². The number of para-hydroxylation sites is 2. The Labute approximate surface area is 112 Å². The van der Waals surface area contributed by atoms with Crippen LogP contribution < -0.4 is 0 Å². The summed E-state index contributed by atoms with van der Waals surface area (Å²) in [6.45, 7) is 4.70. The SMILES string of the molecule is CCn1c(SCCCC(C)=O)nc2ccccc21. The van der Waals surface area contributed by atoms with Gasteiger partial charge in [-0.15, -0.1) is 0 Å². The van der Waals surface area contributed by atoms with Crippen LogP contribution in [-0.4, -0.2) is 21.1 Å². The number of ketones is 1. The van der Waals surface area contributed by atoms with E-state index >= 15 is 0 Å². The number of hydrogen-bond acceptors (Lipinski definition) is 3. The molecule has 0 radical (unpaired) electrons. The van der Waals surface area contributed by atoms with E-state index in [4.69, 9.17) is 0 Å². The fraction of sp³-hybridized carbons (Fsp3) is 0.429. The van der Waals surface area contributed by atoms with Crippen LogP contribution in [0.1, 0.15) is 26.7 Å². The maximum Gasteiger partial charge on any atom is 0.169 e. The molecule has 0 atom stereocenters. The van der Waals surface area contributed by atoms with Crippen molar-refractivity contribution in [2.24, 2.45) is 0 Å². The predicted octanol–water partition coefficient (Wildman–Crippen LogP) is 3.52. The molecule has 18 heavy (non-hydrogen) atoms. The molecule has 1 aromatic carbocycles. The van der Waals surface area contributed by atoms with Gasteiger partial charge in [0.25, 0.3) is 0 Å². The van der Waals surface area contributed by atoms with Crippen LogP contribution in [0.15, 0.2) is 29.4 Å². The standard InChI is InChI=1S/C14H18N2OS/c1-3-16-13-9-5-4-8-12(13)15-14(16)18-10-6-7-11(2)17/h4-5,8-9H,3,6-7,10H2,1-2H3. The summed E-state index contributed by atoms with van der Waals surface area (Å²) in [5.74, 6) is 1.21. The van der Waals surface area contributed by atoms with Crippen LogP contribution in [0.2, 0.25) is 0 Å². The van der Waals surface area contributed by atoms with Crippen molar-refractivity contribution in [2.45, 2.75) is 38.4 Å². The predicted molar refractivity (Wildman–Crippen MR) is 76.0 cm³/mol. The average Bonchev–Trinajstić information content (AvgIpc) is 2.71. The second kappa shape index (κ2) is 6.05. The van der Waals surface area contributed by atoms with Gasteiger partial charge in [0.15, 0.2) is 5.16 Å². The van der Waals surface area contributed by atoms with Gasteiger partial charge in [-0.3, -0.25) is 0 Å². The molecule has 3 nitrogen and oxygen atoms in total. The Kier molecular flexibility index (Phi) is 4.42. The van der Waals surface area contributed by atoms with Gasteiger partial charge in [0.05, 0.1) is 11.0 Å². The van der Waals surface area contributed by atoms with Crippen molar-refractivity contribution >= 4 is 28.6 Å². The molecular formula is C14H18N2OS. The molecule has 0 spiro atoms. The van der Waals surface area contributed by atoms with E-state index < -0.39 is 0 Å². The number of carbonyl (C=O) groups excluding carboxylic acids is 1. The van der Waals surface area contributed by atoms with Crippen LogP contribution in [0.4, 0.5) is 0 Å². The molecule has 0 amide bonds. The molecule has 96 valence electrons. The molecule has 0 saturated carbocycles. The first-order valence-corrected chi connectivity index (χ1v) is 7.28. The molecule has 0 aliphatic rings. The molecule has 4 heteroatoms. The molecule has 0 bridgehead atoms. The van der Waals surface area contributed by atoms with Gasteiger partial charge in [0.1, 0.15) is 5.78 Å². The molecule has 2 rings (SSSR count). The number of thioether (sulfide) groups is 1. The largest absolute Gasteiger partial charge is 0.319 e. The lowest BCUT2D eigenvalue weighted by Crippen LogP contribution is -1.97. The Morgan fingerprint density at radius 3 is 2.89 bits per heavy atom. The van der Waals surface area contributed by atoms with Gasteiger partial charge >= 0.3 is 0 Å². The van der Waals surface area contributed by atoms with Crippen molar-refractivity contribution < 1.29 is 4.79 Å². The minimum atomic E-state index is 0.264. The zero-order chi connectivity index (χ0) is 13.0. The van der Waals surface area contributed by atoms with Gasteiger partial charge in [-0.1, -0.05) is 23.9 Å². The van der Waals surface area contributed by atoms with E-state index in [1.165, 1.54) is 5.52 Å². The van der Waals surface area contributed by atoms with Crippen molar-refractivity contribution in [1.82, 2.24) is 9.55 Å². The highest BCUT2D eigenvalue weighted by molar-refractivity contribution is 7.99. The first-order chi connectivity index (χ1) is 8.72. The fourth-order valence-electron chi connectivity index (χ4n) is 1.95. The first kappa shape index (κ1) is 13.1. The van der Waals surface area contributed by atoms with E-state index in [0.717, 1.165) is 29.4 Å². The summed E-state index contributed by atoms with van der Waals surface area (Å²) in [5, 5.41) is 1.06. The van der Waals surface area contributed by atoms with Gasteiger partial charge < -0.3 is 9.36 Å². The average molecular weight is 262 g/mol. The minimum Gasteiger partial charge on any atom is -0.319 e. The van der Waals surface area contributed by atoms with E-state index in [9.17, 15) is 4.79 Å². The number of hydrogen-bond donors (Lipinski definition) is 0. The second-order valence-corrected chi connectivity index (χ2v) is 5.34. The van der Waals surface area contributed by atoms with Crippen LogP contribution in [0.25, 0.3) is 11.0 Å². The summed E-state index contributed by atoms with van der Waals surface area (Å²) >= 11 is 1.74. The molecule has 0 N–H and O–H groups in total. The lowest BCUT2D eigenvalue weighted by Gasteiger charge is -2.04. The summed E-state index contributed by atoms with van der Waals surface area (Å²) in [6, 6.07) is 8.20. The van der Waals surface area contributed by atoms with Crippen molar-refractivity contribution in [2.75, 3.05) is 5.75 Å². The number of rotatable bonds is 6. The lowest BCUT2D eigenvalue weighted by molar-refractivity contribution is -0.117. The number of aryl methyl sites for hydroxylation is 1. The number of fused-ring (bicyclic) bond motifs is 1. The Bertz CT molecular complexity index is 548. The summed E-state index contributed by atoms with van der Waals surface area (Å²) in [6.07, 6.45) is 1.59. The number of benzene rings is 1. The van der Waals surface area contributed by atoms with Crippen LogP contribution in [0.5, 0.6) is 0 Å². The third-order valence-electron chi connectivity index (χ3n) is 2.84.